The standard InChI is InChI=1S/C19H19N5/c1-2-4-15-13(3-1)9-21-19-17(15)16(14-10-22-23-11-14)18(24-19)12-5-7-20-8-6-12/h1-4,9-12,20H,5-8H2,(H,21,24)(H,22,23). The minimum absolute atomic E-state index is 0.532. The van der Waals surface area contributed by atoms with Gasteiger partial charge in [-0.1, -0.05) is 24.3 Å². The maximum absolute atomic E-state index is 4.69. The van der Waals surface area contributed by atoms with Gasteiger partial charge < -0.3 is 10.3 Å². The van der Waals surface area contributed by atoms with Gasteiger partial charge in [0.15, 0.2) is 0 Å². The van der Waals surface area contributed by atoms with Gasteiger partial charge >= 0.3 is 0 Å². The first-order valence-corrected chi connectivity index (χ1v) is 8.51. The predicted octanol–water partition coefficient (Wildman–Crippen LogP) is 3.57. The van der Waals surface area contributed by atoms with Crippen LogP contribution in [0.4, 0.5) is 0 Å². The first kappa shape index (κ1) is 13.7. The number of fused-ring (bicyclic) bond motifs is 3. The first-order valence-electron chi connectivity index (χ1n) is 8.51. The van der Waals surface area contributed by atoms with Crippen molar-refractivity contribution in [3.05, 3.63) is 48.5 Å². The number of aromatic amines is 2. The molecular weight excluding hydrogens is 298 g/mol. The van der Waals surface area contributed by atoms with Crippen LogP contribution in [0.15, 0.2) is 42.9 Å². The maximum atomic E-state index is 4.69. The van der Waals surface area contributed by atoms with E-state index in [1.54, 1.807) is 0 Å². The van der Waals surface area contributed by atoms with E-state index < -0.39 is 0 Å². The molecule has 120 valence electrons. The van der Waals surface area contributed by atoms with Crippen LogP contribution in [0.5, 0.6) is 0 Å². The van der Waals surface area contributed by atoms with Gasteiger partial charge in [0, 0.05) is 45.9 Å². The van der Waals surface area contributed by atoms with E-state index in [1.807, 2.05) is 18.6 Å². The third-order valence-electron chi connectivity index (χ3n) is 5.11. The highest BCUT2D eigenvalue weighted by Gasteiger charge is 2.24. The lowest BCUT2D eigenvalue weighted by Crippen LogP contribution is -2.27. The number of nitrogens with one attached hydrogen (secondary N) is 3. The summed E-state index contributed by atoms with van der Waals surface area (Å²) >= 11 is 0. The van der Waals surface area contributed by atoms with Crippen LogP contribution < -0.4 is 5.32 Å². The highest BCUT2D eigenvalue weighted by atomic mass is 15.1. The Labute approximate surface area is 139 Å². The molecule has 1 aliphatic rings. The van der Waals surface area contributed by atoms with Crippen molar-refractivity contribution >= 4 is 21.8 Å². The molecule has 0 radical (unpaired) electrons. The Morgan fingerprint density at radius 2 is 1.92 bits per heavy atom. The third-order valence-corrected chi connectivity index (χ3v) is 5.11. The topological polar surface area (TPSA) is 69.4 Å². The average molecular weight is 317 g/mol. The van der Waals surface area contributed by atoms with E-state index in [0.717, 1.165) is 37.1 Å². The second kappa shape index (κ2) is 5.46. The van der Waals surface area contributed by atoms with E-state index in [9.17, 15) is 0 Å². The minimum atomic E-state index is 0.532. The van der Waals surface area contributed by atoms with Gasteiger partial charge in [-0.05, 0) is 31.3 Å². The van der Waals surface area contributed by atoms with Gasteiger partial charge in [-0.25, -0.2) is 4.98 Å². The smallest absolute Gasteiger partial charge is 0.138 e. The molecule has 0 atom stereocenters. The van der Waals surface area contributed by atoms with Crippen LogP contribution in [-0.2, 0) is 0 Å². The van der Waals surface area contributed by atoms with Gasteiger partial charge in [0.05, 0.1) is 6.20 Å². The molecule has 4 heterocycles. The Kier molecular flexibility index (Phi) is 3.13. The fraction of sp³-hybridized carbons (Fsp3) is 0.263. The maximum Gasteiger partial charge on any atom is 0.138 e. The number of benzene rings is 1. The zero-order valence-corrected chi connectivity index (χ0v) is 13.3. The minimum Gasteiger partial charge on any atom is -0.342 e. The van der Waals surface area contributed by atoms with Crippen LogP contribution >= 0.6 is 0 Å². The molecule has 0 saturated carbocycles. The van der Waals surface area contributed by atoms with E-state index >= 15 is 0 Å². The highest BCUT2D eigenvalue weighted by Crippen LogP contribution is 2.40. The fourth-order valence-electron chi connectivity index (χ4n) is 3.94. The summed E-state index contributed by atoms with van der Waals surface area (Å²) in [6, 6.07) is 8.47. The molecule has 0 bridgehead atoms. The first-order chi connectivity index (χ1) is 11.9. The second-order valence-electron chi connectivity index (χ2n) is 6.49. The summed E-state index contributed by atoms with van der Waals surface area (Å²) in [6.45, 7) is 2.14. The molecule has 3 aromatic heterocycles. The summed E-state index contributed by atoms with van der Waals surface area (Å²) in [4.78, 5) is 8.33. The van der Waals surface area contributed by atoms with Crippen LogP contribution in [0.25, 0.3) is 32.9 Å². The largest absolute Gasteiger partial charge is 0.342 e. The quantitative estimate of drug-likeness (QED) is 0.529. The third kappa shape index (κ3) is 2.05. The summed E-state index contributed by atoms with van der Waals surface area (Å²) in [5.41, 5.74) is 4.66. The predicted molar refractivity (Wildman–Crippen MR) is 96.0 cm³/mol. The van der Waals surface area contributed by atoms with Crippen LogP contribution in [-0.4, -0.2) is 33.3 Å². The summed E-state index contributed by atoms with van der Waals surface area (Å²) in [6.07, 6.45) is 8.15. The van der Waals surface area contributed by atoms with E-state index in [1.165, 1.54) is 27.4 Å². The molecule has 5 nitrogen and oxygen atoms in total. The van der Waals surface area contributed by atoms with Gasteiger partial charge in [0.1, 0.15) is 5.65 Å². The molecule has 1 aliphatic heterocycles. The highest BCUT2D eigenvalue weighted by molar-refractivity contribution is 6.12. The summed E-state index contributed by atoms with van der Waals surface area (Å²) < 4.78 is 0. The number of nitrogens with zero attached hydrogens (tertiary/aromatic N) is 2. The summed E-state index contributed by atoms with van der Waals surface area (Å²) in [7, 11) is 0. The number of aromatic nitrogens is 4. The molecule has 1 fully saturated rings. The van der Waals surface area contributed by atoms with Gasteiger partial charge in [-0.15, -0.1) is 0 Å². The van der Waals surface area contributed by atoms with Crippen molar-refractivity contribution in [2.75, 3.05) is 13.1 Å². The van der Waals surface area contributed by atoms with E-state index in [0.29, 0.717) is 5.92 Å². The molecular formula is C19H19N5. The molecule has 24 heavy (non-hydrogen) atoms. The molecule has 1 saturated heterocycles. The number of pyridine rings is 1. The summed E-state index contributed by atoms with van der Waals surface area (Å²) in [5.74, 6) is 0.532. The SMILES string of the molecule is c1ccc2c(c1)cnc1[nH]c(C3CCNCC3)c(-c3cn[nH]c3)c12. The zero-order chi connectivity index (χ0) is 15.9. The molecule has 0 spiro atoms. The Morgan fingerprint density at radius 3 is 2.75 bits per heavy atom. The van der Waals surface area contributed by atoms with Crippen molar-refractivity contribution in [2.24, 2.45) is 0 Å². The molecule has 0 unspecified atom stereocenters. The molecule has 0 aliphatic carbocycles. The molecule has 5 rings (SSSR count). The molecule has 5 heteroatoms. The van der Waals surface area contributed by atoms with E-state index in [2.05, 4.69) is 44.8 Å². The lowest BCUT2D eigenvalue weighted by Gasteiger charge is -2.22. The molecule has 1 aromatic carbocycles. The summed E-state index contributed by atoms with van der Waals surface area (Å²) in [5, 5.41) is 14.2. The molecule has 3 N–H and O–H groups in total. The Hall–Kier alpha value is -2.66. The van der Waals surface area contributed by atoms with Crippen molar-refractivity contribution in [3.63, 3.8) is 0 Å². The van der Waals surface area contributed by atoms with Crippen molar-refractivity contribution in [1.29, 1.82) is 0 Å². The van der Waals surface area contributed by atoms with E-state index in [4.69, 9.17) is 4.98 Å². The van der Waals surface area contributed by atoms with Crippen LogP contribution in [0, 0.1) is 0 Å². The van der Waals surface area contributed by atoms with E-state index in [-0.39, 0.29) is 0 Å². The van der Waals surface area contributed by atoms with Crippen LogP contribution in [0.1, 0.15) is 24.5 Å². The van der Waals surface area contributed by atoms with Crippen molar-refractivity contribution < 1.29 is 0 Å². The number of hydrogen-bond donors (Lipinski definition) is 3. The van der Waals surface area contributed by atoms with Crippen molar-refractivity contribution in [3.8, 4) is 11.1 Å². The Bertz CT molecular complexity index is 993. The normalized spacial score (nSPS) is 16.2. The zero-order valence-electron chi connectivity index (χ0n) is 13.3. The number of piperidine rings is 1. The molecule has 4 aromatic rings. The average Bonchev–Trinajstić information content (AvgIpc) is 3.29. The molecule has 0 amide bonds. The number of H-pyrrole nitrogens is 2. The van der Waals surface area contributed by atoms with Crippen molar-refractivity contribution in [2.45, 2.75) is 18.8 Å². The Balaban J connectivity index is 1.85. The lowest BCUT2D eigenvalue weighted by molar-refractivity contribution is 0.455. The van der Waals surface area contributed by atoms with Crippen LogP contribution in [0.2, 0.25) is 0 Å². The number of hydrogen-bond acceptors (Lipinski definition) is 3. The second-order valence-corrected chi connectivity index (χ2v) is 6.49. The van der Waals surface area contributed by atoms with Crippen molar-refractivity contribution in [1.82, 2.24) is 25.5 Å². The van der Waals surface area contributed by atoms with Gasteiger partial charge in [0.25, 0.3) is 0 Å². The van der Waals surface area contributed by atoms with Gasteiger partial charge in [-0.3, -0.25) is 5.10 Å². The lowest BCUT2D eigenvalue weighted by atomic mass is 9.89. The monoisotopic (exact) mass is 317 g/mol. The fourth-order valence-corrected chi connectivity index (χ4v) is 3.94. The number of rotatable bonds is 2. The van der Waals surface area contributed by atoms with Gasteiger partial charge in [-0.2, -0.15) is 5.10 Å². The Morgan fingerprint density at radius 1 is 1.04 bits per heavy atom. The van der Waals surface area contributed by atoms with Gasteiger partial charge in [0.2, 0.25) is 0 Å². The van der Waals surface area contributed by atoms with Crippen LogP contribution in [0.3, 0.4) is 0 Å².